The highest BCUT2D eigenvalue weighted by molar-refractivity contribution is 6.35. The van der Waals surface area contributed by atoms with Gasteiger partial charge in [-0.15, -0.1) is 0 Å². The molecule has 0 N–H and O–H groups in total. The molecule has 3 aromatic rings. The molecule has 2 saturated heterocycles. The number of imide groups is 1. The van der Waals surface area contributed by atoms with Crippen LogP contribution >= 0.6 is 23.2 Å². The summed E-state index contributed by atoms with van der Waals surface area (Å²) in [5.74, 6) is -1.71. The molecule has 0 radical (unpaired) electrons. The number of carbonyl (C=O) groups is 2. The van der Waals surface area contributed by atoms with E-state index in [9.17, 15) is 19.7 Å². The summed E-state index contributed by atoms with van der Waals surface area (Å²) in [6.07, 6.45) is -1.18. The Morgan fingerprint density at radius 3 is 2.49 bits per heavy atom. The van der Waals surface area contributed by atoms with Crippen LogP contribution in [0.2, 0.25) is 10.0 Å². The number of nitrogens with zero attached hydrogens (tertiary/aromatic N) is 3. The zero-order chi connectivity index (χ0) is 24.9. The van der Waals surface area contributed by atoms with E-state index in [1.54, 1.807) is 42.5 Å². The van der Waals surface area contributed by atoms with Crippen LogP contribution in [0.4, 0.5) is 17.1 Å². The zero-order valence-corrected chi connectivity index (χ0v) is 19.6. The van der Waals surface area contributed by atoms with E-state index >= 15 is 0 Å². The highest BCUT2D eigenvalue weighted by atomic mass is 35.5. The SMILES string of the molecule is COc1ccccc1N1C(=O)[C@H]2[C@@H](c3ccc(Cl)cc3Cl)N(c3cccc([N+](=O)[O-])c3)O[C@H]2C1=O. The number of fused-ring (bicyclic) bond motifs is 1. The first-order valence-electron chi connectivity index (χ1n) is 10.5. The minimum atomic E-state index is -1.18. The number of methoxy groups -OCH3 is 1. The number of benzene rings is 3. The van der Waals surface area contributed by atoms with Crippen LogP contribution in [0.5, 0.6) is 5.75 Å². The van der Waals surface area contributed by atoms with Gasteiger partial charge in [0.1, 0.15) is 11.7 Å². The second-order valence-electron chi connectivity index (χ2n) is 7.95. The van der Waals surface area contributed by atoms with Crippen LogP contribution in [0.15, 0.2) is 66.7 Å². The largest absolute Gasteiger partial charge is 0.495 e. The summed E-state index contributed by atoms with van der Waals surface area (Å²) in [6.45, 7) is 0. The van der Waals surface area contributed by atoms with E-state index in [0.717, 1.165) is 4.90 Å². The van der Waals surface area contributed by atoms with Gasteiger partial charge in [-0.05, 0) is 35.9 Å². The molecule has 0 saturated carbocycles. The second kappa shape index (κ2) is 8.84. The lowest BCUT2D eigenvalue weighted by Gasteiger charge is -2.29. The molecule has 0 spiro atoms. The summed E-state index contributed by atoms with van der Waals surface area (Å²) in [6, 6.07) is 16.3. The van der Waals surface area contributed by atoms with Crippen molar-refractivity contribution in [3.05, 3.63) is 92.5 Å². The quantitative estimate of drug-likeness (QED) is 0.269. The summed E-state index contributed by atoms with van der Waals surface area (Å²) in [4.78, 5) is 45.1. The van der Waals surface area contributed by atoms with E-state index in [2.05, 4.69) is 0 Å². The Morgan fingerprint density at radius 1 is 1.00 bits per heavy atom. The van der Waals surface area contributed by atoms with Crippen molar-refractivity contribution in [2.24, 2.45) is 5.92 Å². The molecule has 0 aliphatic carbocycles. The Balaban J connectivity index is 1.63. The van der Waals surface area contributed by atoms with Crippen molar-refractivity contribution in [3.63, 3.8) is 0 Å². The number of non-ortho nitro benzene ring substituents is 1. The molecule has 0 bridgehead atoms. The Hall–Kier alpha value is -3.66. The number of anilines is 2. The Morgan fingerprint density at radius 2 is 1.77 bits per heavy atom. The van der Waals surface area contributed by atoms with E-state index in [1.165, 1.54) is 36.4 Å². The molecular weight excluding hydrogens is 497 g/mol. The number of rotatable bonds is 5. The van der Waals surface area contributed by atoms with Crippen molar-refractivity contribution in [1.82, 2.24) is 0 Å². The van der Waals surface area contributed by atoms with Crippen LogP contribution in [0, 0.1) is 16.0 Å². The van der Waals surface area contributed by atoms with Crippen molar-refractivity contribution in [1.29, 1.82) is 0 Å². The number of hydrogen-bond donors (Lipinski definition) is 0. The Labute approximate surface area is 209 Å². The molecule has 2 heterocycles. The average Bonchev–Trinajstić information content (AvgIpc) is 3.35. The first-order chi connectivity index (χ1) is 16.8. The number of halogens is 2. The monoisotopic (exact) mass is 513 g/mol. The van der Waals surface area contributed by atoms with Crippen molar-refractivity contribution in [2.75, 3.05) is 17.1 Å². The summed E-state index contributed by atoms with van der Waals surface area (Å²) in [7, 11) is 1.45. The molecule has 2 amide bonds. The smallest absolute Gasteiger partial charge is 0.271 e. The predicted octanol–water partition coefficient (Wildman–Crippen LogP) is 4.96. The predicted molar refractivity (Wildman–Crippen MR) is 129 cm³/mol. The first kappa shape index (κ1) is 23.1. The lowest BCUT2D eigenvalue weighted by atomic mass is 9.90. The van der Waals surface area contributed by atoms with Crippen molar-refractivity contribution in [2.45, 2.75) is 12.1 Å². The molecule has 11 heteroatoms. The second-order valence-corrected chi connectivity index (χ2v) is 8.79. The maximum Gasteiger partial charge on any atom is 0.271 e. The topological polar surface area (TPSA) is 102 Å². The van der Waals surface area contributed by atoms with Crippen LogP contribution in [-0.4, -0.2) is 30.0 Å². The standard InChI is InChI=1S/C24H17Cl2N3O6/c1-34-19-8-3-2-7-18(19)27-23(30)20-21(16-10-9-13(25)11-17(16)26)28(35-22(20)24(27)31)14-5-4-6-15(12-14)29(32)33/h2-12,20-22H,1H3/t20-,21+,22+/m0/s1. The van der Waals surface area contributed by atoms with E-state index < -0.39 is 34.8 Å². The van der Waals surface area contributed by atoms with E-state index in [0.29, 0.717) is 27.7 Å². The van der Waals surface area contributed by atoms with Gasteiger partial charge in [0.2, 0.25) is 5.91 Å². The van der Waals surface area contributed by atoms with Gasteiger partial charge in [-0.1, -0.05) is 47.5 Å². The number of amides is 2. The molecule has 3 aromatic carbocycles. The third-order valence-corrected chi connectivity index (χ3v) is 6.58. The number of ether oxygens (including phenoxy) is 1. The van der Waals surface area contributed by atoms with Crippen LogP contribution < -0.4 is 14.7 Å². The fourth-order valence-electron chi connectivity index (χ4n) is 4.49. The normalized spacial score (nSPS) is 21.4. The Bertz CT molecular complexity index is 1370. The fraction of sp³-hybridized carbons (Fsp3) is 0.167. The van der Waals surface area contributed by atoms with Crippen molar-refractivity contribution in [3.8, 4) is 5.75 Å². The highest BCUT2D eigenvalue weighted by Gasteiger charge is 2.61. The minimum Gasteiger partial charge on any atom is -0.495 e. The molecule has 0 aromatic heterocycles. The molecule has 2 aliphatic rings. The molecule has 9 nitrogen and oxygen atoms in total. The van der Waals surface area contributed by atoms with Gasteiger partial charge in [0.05, 0.1) is 29.4 Å². The number of hydrogen-bond acceptors (Lipinski definition) is 7. The van der Waals surface area contributed by atoms with Gasteiger partial charge in [-0.3, -0.25) is 24.5 Å². The van der Waals surface area contributed by atoms with Crippen LogP contribution in [-0.2, 0) is 14.4 Å². The van der Waals surface area contributed by atoms with Gasteiger partial charge in [0, 0.05) is 22.2 Å². The molecule has 2 fully saturated rings. The van der Waals surface area contributed by atoms with Crippen molar-refractivity contribution < 1.29 is 24.1 Å². The lowest BCUT2D eigenvalue weighted by molar-refractivity contribution is -0.384. The van der Waals surface area contributed by atoms with E-state index in [4.69, 9.17) is 32.8 Å². The lowest BCUT2D eigenvalue weighted by Crippen LogP contribution is -2.37. The molecule has 178 valence electrons. The van der Waals surface area contributed by atoms with E-state index in [-0.39, 0.29) is 10.7 Å². The number of nitro groups is 1. The molecular formula is C24H17Cl2N3O6. The zero-order valence-electron chi connectivity index (χ0n) is 18.1. The number of para-hydroxylation sites is 2. The third-order valence-electron chi connectivity index (χ3n) is 6.02. The fourth-order valence-corrected chi connectivity index (χ4v) is 5.01. The van der Waals surface area contributed by atoms with Gasteiger partial charge in [-0.2, -0.15) is 0 Å². The van der Waals surface area contributed by atoms with Gasteiger partial charge in [0.15, 0.2) is 6.10 Å². The van der Waals surface area contributed by atoms with Gasteiger partial charge < -0.3 is 4.74 Å². The molecule has 3 atom stereocenters. The molecule has 2 aliphatic heterocycles. The average molecular weight is 514 g/mol. The molecule has 5 rings (SSSR count). The van der Waals surface area contributed by atoms with E-state index in [1.807, 2.05) is 0 Å². The maximum absolute atomic E-state index is 13.7. The highest BCUT2D eigenvalue weighted by Crippen LogP contribution is 2.50. The maximum atomic E-state index is 13.7. The number of nitro benzene ring substituents is 1. The summed E-state index contributed by atoms with van der Waals surface area (Å²) in [5, 5.41) is 13.3. The number of hydroxylamine groups is 1. The van der Waals surface area contributed by atoms with Crippen LogP contribution in [0.25, 0.3) is 0 Å². The first-order valence-corrected chi connectivity index (χ1v) is 11.2. The summed E-state index contributed by atoms with van der Waals surface area (Å²) >= 11 is 12.6. The Kier molecular flexibility index (Phi) is 5.84. The summed E-state index contributed by atoms with van der Waals surface area (Å²) < 4.78 is 5.35. The third kappa shape index (κ3) is 3.78. The minimum absolute atomic E-state index is 0.169. The summed E-state index contributed by atoms with van der Waals surface area (Å²) in [5.41, 5.74) is 0.912. The van der Waals surface area contributed by atoms with Crippen LogP contribution in [0.3, 0.4) is 0 Å². The molecule has 35 heavy (non-hydrogen) atoms. The van der Waals surface area contributed by atoms with Gasteiger partial charge in [-0.25, -0.2) is 9.96 Å². The van der Waals surface area contributed by atoms with Gasteiger partial charge in [0.25, 0.3) is 11.6 Å². The van der Waals surface area contributed by atoms with Crippen molar-refractivity contribution >= 4 is 52.1 Å². The van der Waals surface area contributed by atoms with Gasteiger partial charge >= 0.3 is 0 Å². The van der Waals surface area contributed by atoms with Crippen LogP contribution in [0.1, 0.15) is 11.6 Å². The molecule has 0 unspecified atom stereocenters. The number of carbonyl (C=O) groups excluding carboxylic acids is 2.